The Morgan fingerprint density at radius 2 is 1.75 bits per heavy atom. The SMILES string of the molecule is CCc1ccc(CN(C)C(=O)CNC(=O)c2cccc(Br)c2)cc1. The van der Waals surface area contributed by atoms with Crippen molar-refractivity contribution in [3.8, 4) is 0 Å². The first kappa shape index (κ1) is 18.2. The third kappa shape index (κ3) is 5.20. The van der Waals surface area contributed by atoms with Crippen molar-refractivity contribution in [3.05, 3.63) is 69.7 Å². The molecule has 2 aromatic rings. The number of hydrogen-bond donors (Lipinski definition) is 1. The summed E-state index contributed by atoms with van der Waals surface area (Å²) in [7, 11) is 1.74. The van der Waals surface area contributed by atoms with Gasteiger partial charge in [0.05, 0.1) is 6.54 Å². The first-order chi connectivity index (χ1) is 11.5. The number of rotatable bonds is 6. The molecule has 5 heteroatoms. The molecule has 0 aliphatic heterocycles. The van der Waals surface area contributed by atoms with Gasteiger partial charge in [-0.3, -0.25) is 9.59 Å². The molecule has 4 nitrogen and oxygen atoms in total. The van der Waals surface area contributed by atoms with E-state index in [0.717, 1.165) is 16.5 Å². The molecule has 0 saturated heterocycles. The van der Waals surface area contributed by atoms with Gasteiger partial charge in [-0.25, -0.2) is 0 Å². The predicted octanol–water partition coefficient (Wildman–Crippen LogP) is 3.40. The zero-order chi connectivity index (χ0) is 17.5. The van der Waals surface area contributed by atoms with Gasteiger partial charge < -0.3 is 10.2 Å². The van der Waals surface area contributed by atoms with Gasteiger partial charge in [0.1, 0.15) is 0 Å². The number of carbonyl (C=O) groups is 2. The van der Waals surface area contributed by atoms with E-state index in [4.69, 9.17) is 0 Å². The van der Waals surface area contributed by atoms with Crippen LogP contribution >= 0.6 is 15.9 Å². The molecule has 126 valence electrons. The van der Waals surface area contributed by atoms with Crippen molar-refractivity contribution >= 4 is 27.7 Å². The van der Waals surface area contributed by atoms with Crippen molar-refractivity contribution in [3.63, 3.8) is 0 Å². The Morgan fingerprint density at radius 1 is 1.08 bits per heavy atom. The van der Waals surface area contributed by atoms with Crippen LogP contribution in [0.1, 0.15) is 28.4 Å². The Kier molecular flexibility index (Phi) is 6.55. The normalized spacial score (nSPS) is 10.3. The molecule has 0 bridgehead atoms. The predicted molar refractivity (Wildman–Crippen MR) is 98.8 cm³/mol. The molecule has 0 atom stereocenters. The zero-order valence-electron chi connectivity index (χ0n) is 13.9. The lowest BCUT2D eigenvalue weighted by Crippen LogP contribution is -2.37. The fraction of sp³-hybridized carbons (Fsp3) is 0.263. The van der Waals surface area contributed by atoms with Gasteiger partial charge in [0, 0.05) is 23.6 Å². The average Bonchev–Trinajstić information content (AvgIpc) is 2.60. The Labute approximate surface area is 151 Å². The molecule has 0 spiro atoms. The summed E-state index contributed by atoms with van der Waals surface area (Å²) in [6.07, 6.45) is 0.997. The van der Waals surface area contributed by atoms with Crippen LogP contribution in [0, 0.1) is 0 Å². The lowest BCUT2D eigenvalue weighted by Gasteiger charge is -2.18. The van der Waals surface area contributed by atoms with Crippen molar-refractivity contribution in [1.29, 1.82) is 0 Å². The van der Waals surface area contributed by atoms with Gasteiger partial charge in [0.2, 0.25) is 5.91 Å². The van der Waals surface area contributed by atoms with E-state index >= 15 is 0 Å². The summed E-state index contributed by atoms with van der Waals surface area (Å²) in [5.74, 6) is -0.386. The molecule has 1 N–H and O–H groups in total. The average molecular weight is 389 g/mol. The van der Waals surface area contributed by atoms with Gasteiger partial charge in [-0.05, 0) is 35.7 Å². The van der Waals surface area contributed by atoms with Gasteiger partial charge in [0.15, 0.2) is 0 Å². The van der Waals surface area contributed by atoms with Crippen molar-refractivity contribution in [2.24, 2.45) is 0 Å². The maximum absolute atomic E-state index is 12.2. The molecule has 2 amide bonds. The zero-order valence-corrected chi connectivity index (χ0v) is 15.5. The standard InChI is InChI=1S/C19H21BrN2O2/c1-3-14-7-9-15(10-8-14)13-22(2)18(23)12-21-19(24)16-5-4-6-17(20)11-16/h4-11H,3,12-13H2,1-2H3,(H,21,24). The first-order valence-corrected chi connectivity index (χ1v) is 8.64. The van der Waals surface area contributed by atoms with Gasteiger partial charge in [-0.15, -0.1) is 0 Å². The fourth-order valence-corrected chi connectivity index (χ4v) is 2.66. The van der Waals surface area contributed by atoms with Crippen LogP contribution in [-0.4, -0.2) is 30.3 Å². The highest BCUT2D eigenvalue weighted by molar-refractivity contribution is 9.10. The number of halogens is 1. The summed E-state index contributed by atoms with van der Waals surface area (Å²) in [6.45, 7) is 2.61. The van der Waals surface area contributed by atoms with E-state index in [0.29, 0.717) is 12.1 Å². The van der Waals surface area contributed by atoms with E-state index in [2.05, 4.69) is 40.3 Å². The lowest BCUT2D eigenvalue weighted by molar-refractivity contribution is -0.129. The topological polar surface area (TPSA) is 49.4 Å². The van der Waals surface area contributed by atoms with E-state index in [-0.39, 0.29) is 18.4 Å². The number of hydrogen-bond acceptors (Lipinski definition) is 2. The molecular weight excluding hydrogens is 368 g/mol. The van der Waals surface area contributed by atoms with Crippen molar-refractivity contribution in [1.82, 2.24) is 10.2 Å². The second kappa shape index (κ2) is 8.64. The van der Waals surface area contributed by atoms with Gasteiger partial charge in [0.25, 0.3) is 5.91 Å². The van der Waals surface area contributed by atoms with Crippen LogP contribution in [0.2, 0.25) is 0 Å². The third-order valence-corrected chi connectivity index (χ3v) is 4.26. The monoisotopic (exact) mass is 388 g/mol. The first-order valence-electron chi connectivity index (χ1n) is 7.85. The van der Waals surface area contributed by atoms with E-state index in [1.165, 1.54) is 5.56 Å². The summed E-state index contributed by atoms with van der Waals surface area (Å²) < 4.78 is 0.828. The Morgan fingerprint density at radius 3 is 2.38 bits per heavy atom. The largest absolute Gasteiger partial charge is 0.343 e. The molecule has 2 rings (SSSR count). The molecule has 24 heavy (non-hydrogen) atoms. The lowest BCUT2D eigenvalue weighted by atomic mass is 10.1. The third-order valence-electron chi connectivity index (χ3n) is 3.76. The van der Waals surface area contributed by atoms with Crippen molar-refractivity contribution in [2.45, 2.75) is 19.9 Å². The van der Waals surface area contributed by atoms with E-state index in [9.17, 15) is 9.59 Å². The van der Waals surface area contributed by atoms with Gasteiger partial charge in [-0.2, -0.15) is 0 Å². The van der Waals surface area contributed by atoms with Crippen LogP contribution in [0.25, 0.3) is 0 Å². The number of aryl methyl sites for hydroxylation is 1. The van der Waals surface area contributed by atoms with Crippen LogP contribution in [0.3, 0.4) is 0 Å². The number of benzene rings is 2. The minimum atomic E-state index is -0.259. The highest BCUT2D eigenvalue weighted by Gasteiger charge is 2.12. The summed E-state index contributed by atoms with van der Waals surface area (Å²) in [6, 6.07) is 15.3. The number of nitrogens with zero attached hydrogens (tertiary/aromatic N) is 1. The maximum Gasteiger partial charge on any atom is 0.251 e. The van der Waals surface area contributed by atoms with Crippen molar-refractivity contribution < 1.29 is 9.59 Å². The summed E-state index contributed by atoms with van der Waals surface area (Å²) in [5.41, 5.74) is 2.87. The quantitative estimate of drug-likeness (QED) is 0.824. The van der Waals surface area contributed by atoms with Crippen LogP contribution in [-0.2, 0) is 17.8 Å². The highest BCUT2D eigenvalue weighted by Crippen LogP contribution is 2.11. The van der Waals surface area contributed by atoms with E-state index in [1.54, 1.807) is 30.1 Å². The summed E-state index contributed by atoms with van der Waals surface area (Å²) in [5, 5.41) is 2.66. The molecule has 0 radical (unpaired) electrons. The van der Waals surface area contributed by atoms with Crippen LogP contribution in [0.15, 0.2) is 53.0 Å². The second-order valence-electron chi connectivity index (χ2n) is 5.61. The fourth-order valence-electron chi connectivity index (χ4n) is 2.27. The van der Waals surface area contributed by atoms with E-state index < -0.39 is 0 Å². The number of carbonyl (C=O) groups excluding carboxylic acids is 2. The Balaban J connectivity index is 1.85. The second-order valence-corrected chi connectivity index (χ2v) is 6.53. The van der Waals surface area contributed by atoms with Gasteiger partial charge >= 0.3 is 0 Å². The maximum atomic E-state index is 12.2. The van der Waals surface area contributed by atoms with Crippen molar-refractivity contribution in [2.75, 3.05) is 13.6 Å². The minimum Gasteiger partial charge on any atom is -0.343 e. The molecular formula is C19H21BrN2O2. The highest BCUT2D eigenvalue weighted by atomic mass is 79.9. The number of nitrogens with one attached hydrogen (secondary N) is 1. The molecule has 0 aromatic heterocycles. The smallest absolute Gasteiger partial charge is 0.251 e. The van der Waals surface area contributed by atoms with Gasteiger partial charge in [-0.1, -0.05) is 53.2 Å². The molecule has 0 fully saturated rings. The molecule has 0 aliphatic rings. The summed E-state index contributed by atoms with van der Waals surface area (Å²) in [4.78, 5) is 25.8. The Hall–Kier alpha value is -2.14. The van der Waals surface area contributed by atoms with Crippen LogP contribution < -0.4 is 5.32 Å². The Bertz CT molecular complexity index is 714. The summed E-state index contributed by atoms with van der Waals surface area (Å²) >= 11 is 3.33. The molecule has 2 aromatic carbocycles. The molecule has 0 unspecified atom stereocenters. The van der Waals surface area contributed by atoms with Crippen LogP contribution in [0.5, 0.6) is 0 Å². The van der Waals surface area contributed by atoms with Crippen LogP contribution in [0.4, 0.5) is 0 Å². The molecule has 0 heterocycles. The number of likely N-dealkylation sites (N-methyl/N-ethyl adjacent to an activating group) is 1. The molecule has 0 aliphatic carbocycles. The minimum absolute atomic E-state index is 0.0190. The molecule has 0 saturated carbocycles. The number of amides is 2. The van der Waals surface area contributed by atoms with E-state index in [1.807, 2.05) is 18.2 Å².